The molecule has 0 radical (unpaired) electrons. The van der Waals surface area contributed by atoms with Gasteiger partial charge in [0, 0.05) is 0 Å². The molecule has 2 nitrogen and oxygen atoms in total. The van der Waals surface area contributed by atoms with Crippen molar-refractivity contribution in [2.75, 3.05) is 0 Å². The maximum atomic E-state index is 11.4. The summed E-state index contributed by atoms with van der Waals surface area (Å²) < 4.78 is 3.86. The maximum Gasteiger partial charge on any atom is 0.265 e. The number of H-pyrrole nitrogens is 1. The van der Waals surface area contributed by atoms with Gasteiger partial charge in [-0.25, -0.2) is 0 Å². The number of rotatable bonds is 0. The zero-order valence-corrected chi connectivity index (χ0v) is 9.37. The summed E-state index contributed by atoms with van der Waals surface area (Å²) in [6.07, 6.45) is 0. The van der Waals surface area contributed by atoms with E-state index >= 15 is 0 Å². The third-order valence-electron chi connectivity index (χ3n) is 2.31. The van der Waals surface area contributed by atoms with Gasteiger partial charge in [-0.3, -0.25) is 9.17 Å². The molecule has 3 heteroatoms. The first kappa shape index (κ1) is 9.46. The van der Waals surface area contributed by atoms with Crippen molar-refractivity contribution < 1.29 is 0 Å². The molecule has 0 atom stereocenters. The van der Waals surface area contributed by atoms with Crippen LogP contribution in [0.3, 0.4) is 0 Å². The Hall–Kier alpha value is -1.09. The highest BCUT2D eigenvalue weighted by Gasteiger charge is 2.18. The summed E-state index contributed by atoms with van der Waals surface area (Å²) in [5, 5.41) is 0.808. The van der Waals surface area contributed by atoms with Crippen LogP contribution < -0.4 is 5.56 Å². The number of aromatic amines is 1. The van der Waals surface area contributed by atoms with E-state index in [9.17, 15) is 4.79 Å². The first-order valence-electron chi connectivity index (χ1n) is 4.61. The summed E-state index contributed by atoms with van der Waals surface area (Å²) in [6, 6.07) is 5.91. The molecular weight excluding hydrogens is 194 g/mol. The molecular formula is C11H13NOS. The molecule has 0 aliphatic carbocycles. The highest BCUT2D eigenvalue weighted by atomic mass is 32.1. The molecule has 1 aromatic carbocycles. The van der Waals surface area contributed by atoms with Gasteiger partial charge in [-0.05, 0) is 17.0 Å². The maximum absolute atomic E-state index is 11.4. The molecule has 0 bridgehead atoms. The number of hydrogen-bond acceptors (Lipinski definition) is 2. The summed E-state index contributed by atoms with van der Waals surface area (Å²) in [4.78, 5) is 11.4. The van der Waals surface area contributed by atoms with E-state index in [1.165, 1.54) is 17.1 Å². The van der Waals surface area contributed by atoms with Crippen LogP contribution in [0, 0.1) is 0 Å². The first-order chi connectivity index (χ1) is 6.50. The first-order valence-corrected chi connectivity index (χ1v) is 5.42. The second-order valence-corrected chi connectivity index (χ2v) is 5.28. The minimum absolute atomic E-state index is 0.0242. The lowest BCUT2D eigenvalue weighted by Gasteiger charge is -2.19. The van der Waals surface area contributed by atoms with Gasteiger partial charge < -0.3 is 0 Å². The number of nitrogens with one attached hydrogen (secondary N) is 1. The van der Waals surface area contributed by atoms with E-state index in [1.54, 1.807) is 0 Å². The molecule has 0 spiro atoms. The van der Waals surface area contributed by atoms with Crippen molar-refractivity contribution in [3.63, 3.8) is 0 Å². The molecule has 0 saturated heterocycles. The van der Waals surface area contributed by atoms with E-state index in [-0.39, 0.29) is 11.0 Å². The van der Waals surface area contributed by atoms with E-state index in [2.05, 4.69) is 31.2 Å². The van der Waals surface area contributed by atoms with Gasteiger partial charge in [-0.15, -0.1) is 0 Å². The molecule has 0 unspecified atom stereocenters. The van der Waals surface area contributed by atoms with Crippen molar-refractivity contribution in [3.8, 4) is 0 Å². The van der Waals surface area contributed by atoms with Crippen LogP contribution >= 0.6 is 11.5 Å². The van der Waals surface area contributed by atoms with E-state index in [0.717, 1.165) is 10.1 Å². The standard InChI is InChI=1S/C11H13NOS/c1-11(2,3)8-6-4-5-7-9(8)14-12-10(7)13/h4-6H,1-3H3,(H,12,13). The number of benzene rings is 1. The molecule has 0 saturated carbocycles. The highest BCUT2D eigenvalue weighted by molar-refractivity contribution is 7.13. The van der Waals surface area contributed by atoms with Crippen LogP contribution in [-0.4, -0.2) is 4.37 Å². The van der Waals surface area contributed by atoms with Crippen LogP contribution in [0.5, 0.6) is 0 Å². The fourth-order valence-electron chi connectivity index (χ4n) is 1.57. The van der Waals surface area contributed by atoms with Gasteiger partial charge in [0.2, 0.25) is 0 Å². The Labute approximate surface area is 86.7 Å². The molecule has 14 heavy (non-hydrogen) atoms. The predicted molar refractivity (Wildman–Crippen MR) is 61.1 cm³/mol. The predicted octanol–water partition coefficient (Wildman–Crippen LogP) is 2.89. The number of hydrogen-bond donors (Lipinski definition) is 1. The molecule has 74 valence electrons. The van der Waals surface area contributed by atoms with Gasteiger partial charge in [-0.1, -0.05) is 44.4 Å². The van der Waals surface area contributed by atoms with Crippen molar-refractivity contribution in [1.29, 1.82) is 0 Å². The van der Waals surface area contributed by atoms with Crippen LogP contribution in [0.2, 0.25) is 0 Å². The SMILES string of the molecule is CC(C)(C)c1cccc2c(=O)[nH]sc12. The van der Waals surface area contributed by atoms with Gasteiger partial charge in [0.05, 0.1) is 10.1 Å². The molecule has 1 aromatic heterocycles. The second kappa shape index (κ2) is 2.95. The Balaban J connectivity index is 2.85. The Morgan fingerprint density at radius 1 is 1.29 bits per heavy atom. The van der Waals surface area contributed by atoms with Crippen molar-refractivity contribution >= 4 is 21.6 Å². The quantitative estimate of drug-likeness (QED) is 0.708. The van der Waals surface area contributed by atoms with Crippen molar-refractivity contribution in [3.05, 3.63) is 34.1 Å². The molecule has 1 N–H and O–H groups in total. The van der Waals surface area contributed by atoms with Gasteiger partial charge in [-0.2, -0.15) is 0 Å². The van der Waals surface area contributed by atoms with E-state index < -0.39 is 0 Å². The Morgan fingerprint density at radius 2 is 2.00 bits per heavy atom. The Bertz CT molecular complexity index is 516. The minimum atomic E-state index is 0.0242. The fraction of sp³-hybridized carbons (Fsp3) is 0.364. The summed E-state index contributed by atoms with van der Waals surface area (Å²) in [7, 11) is 0. The molecule has 1 heterocycles. The molecule has 2 rings (SSSR count). The molecule has 0 aliphatic rings. The van der Waals surface area contributed by atoms with Gasteiger partial charge in [0.1, 0.15) is 0 Å². The highest BCUT2D eigenvalue weighted by Crippen LogP contribution is 2.30. The summed E-state index contributed by atoms with van der Waals surface area (Å²) in [6.45, 7) is 6.48. The number of fused-ring (bicyclic) bond motifs is 1. The second-order valence-electron chi connectivity index (χ2n) is 4.47. The average Bonchev–Trinajstić information content (AvgIpc) is 2.46. The summed E-state index contributed by atoms with van der Waals surface area (Å²) in [5.74, 6) is 0. The monoisotopic (exact) mass is 207 g/mol. The third kappa shape index (κ3) is 1.38. The Morgan fingerprint density at radius 3 is 2.64 bits per heavy atom. The summed E-state index contributed by atoms with van der Waals surface area (Å²) >= 11 is 1.43. The van der Waals surface area contributed by atoms with Gasteiger partial charge in [0.25, 0.3) is 5.56 Å². The summed E-state index contributed by atoms with van der Waals surface area (Å²) in [5.41, 5.74) is 1.35. The zero-order valence-electron chi connectivity index (χ0n) is 8.55. The van der Waals surface area contributed by atoms with Crippen LogP contribution in [0.1, 0.15) is 26.3 Å². The van der Waals surface area contributed by atoms with Crippen molar-refractivity contribution in [2.24, 2.45) is 0 Å². The van der Waals surface area contributed by atoms with Crippen LogP contribution in [0.4, 0.5) is 0 Å². The lowest BCUT2D eigenvalue weighted by atomic mass is 9.86. The van der Waals surface area contributed by atoms with E-state index in [0.29, 0.717) is 0 Å². The van der Waals surface area contributed by atoms with Crippen LogP contribution in [-0.2, 0) is 5.41 Å². The number of aromatic nitrogens is 1. The minimum Gasteiger partial charge on any atom is -0.277 e. The fourth-order valence-corrected chi connectivity index (χ4v) is 2.63. The Kier molecular flexibility index (Phi) is 2.00. The molecule has 0 amide bonds. The zero-order chi connectivity index (χ0) is 10.3. The van der Waals surface area contributed by atoms with Gasteiger partial charge in [0.15, 0.2) is 0 Å². The lowest BCUT2D eigenvalue weighted by Crippen LogP contribution is -2.11. The molecule has 2 aromatic rings. The van der Waals surface area contributed by atoms with Crippen molar-refractivity contribution in [1.82, 2.24) is 4.37 Å². The van der Waals surface area contributed by atoms with Crippen molar-refractivity contribution in [2.45, 2.75) is 26.2 Å². The molecule has 0 fully saturated rings. The topological polar surface area (TPSA) is 32.9 Å². The smallest absolute Gasteiger partial charge is 0.265 e. The lowest BCUT2D eigenvalue weighted by molar-refractivity contribution is 0.597. The van der Waals surface area contributed by atoms with Gasteiger partial charge >= 0.3 is 0 Å². The van der Waals surface area contributed by atoms with E-state index in [1.807, 2.05) is 12.1 Å². The normalized spacial score (nSPS) is 12.2. The van der Waals surface area contributed by atoms with E-state index in [4.69, 9.17) is 0 Å². The molecule has 0 aliphatic heterocycles. The third-order valence-corrected chi connectivity index (χ3v) is 3.24. The average molecular weight is 207 g/mol. The largest absolute Gasteiger partial charge is 0.277 e. The van der Waals surface area contributed by atoms with Crippen LogP contribution in [0.25, 0.3) is 10.1 Å². The van der Waals surface area contributed by atoms with Crippen LogP contribution in [0.15, 0.2) is 23.0 Å².